The molecule has 1 aromatic carbocycles. The summed E-state index contributed by atoms with van der Waals surface area (Å²) in [6, 6.07) is 4.47. The van der Waals surface area contributed by atoms with Crippen LogP contribution in [0, 0.1) is 30.0 Å². The van der Waals surface area contributed by atoms with Gasteiger partial charge in [0.2, 0.25) is 0 Å². The summed E-state index contributed by atoms with van der Waals surface area (Å²) in [4.78, 5) is 16.4. The van der Waals surface area contributed by atoms with E-state index in [4.69, 9.17) is 4.74 Å². The molecule has 150 valence electrons. The van der Waals surface area contributed by atoms with E-state index in [1.165, 1.54) is 36.0 Å². The topological polar surface area (TPSA) is 55.6 Å². The number of pyridine rings is 1. The van der Waals surface area contributed by atoms with Crippen molar-refractivity contribution < 1.29 is 18.3 Å². The van der Waals surface area contributed by atoms with Gasteiger partial charge in [-0.25, -0.2) is 18.6 Å². The molecule has 0 bridgehead atoms. The number of ether oxygens (including phenoxy) is 1. The molecule has 0 fully saturated rings. The van der Waals surface area contributed by atoms with Gasteiger partial charge in [-0.1, -0.05) is 31.6 Å². The number of benzene rings is 1. The van der Waals surface area contributed by atoms with E-state index in [9.17, 15) is 9.18 Å². The zero-order valence-electron chi connectivity index (χ0n) is 16.9. The van der Waals surface area contributed by atoms with Crippen LogP contribution in [0.1, 0.15) is 21.6 Å². The fourth-order valence-electron chi connectivity index (χ4n) is 2.66. The van der Waals surface area contributed by atoms with Crippen molar-refractivity contribution in [2.75, 3.05) is 12.4 Å². The number of hydrogen-bond acceptors (Lipinski definition) is 4. The van der Waals surface area contributed by atoms with Crippen molar-refractivity contribution in [3.8, 4) is 11.5 Å². The Balaban J connectivity index is 2.20. The summed E-state index contributed by atoms with van der Waals surface area (Å²) in [5.74, 6) is 0.889. The Morgan fingerprint density at radius 2 is 2.00 bits per heavy atom. The fraction of sp³-hybridized carbons (Fsp3) is 0.238. The molecular weight excluding hydrogens is 392 g/mol. The van der Waals surface area contributed by atoms with Gasteiger partial charge in [0, 0.05) is 6.20 Å². The molecule has 2 heterocycles. The number of nitrogens with one attached hydrogen (secondary N) is 1. The normalized spacial score (nSPS) is 11.1. The predicted molar refractivity (Wildman–Crippen MR) is 111 cm³/mol. The van der Waals surface area contributed by atoms with Crippen LogP contribution < -0.4 is 5.32 Å². The van der Waals surface area contributed by atoms with Crippen molar-refractivity contribution in [2.45, 2.75) is 26.6 Å². The predicted octanol–water partition coefficient (Wildman–Crippen LogP) is 4.68. The minimum absolute atomic E-state index is 0.0208. The van der Waals surface area contributed by atoms with Crippen LogP contribution in [0.4, 0.5) is 20.2 Å². The van der Waals surface area contributed by atoms with Crippen molar-refractivity contribution in [1.82, 2.24) is 9.38 Å². The first kappa shape index (κ1) is 20.5. The molecule has 0 radical (unpaired) electrons. The van der Waals surface area contributed by atoms with E-state index in [1.54, 1.807) is 13.0 Å². The lowest BCUT2D eigenvalue weighted by Gasteiger charge is -2.14. The van der Waals surface area contributed by atoms with Crippen molar-refractivity contribution in [1.29, 1.82) is 0 Å². The average molecular weight is 414 g/mol. The number of carbonyl (C=O) groups is 1. The maximum Gasteiger partial charge on any atom is 0.341 e. The van der Waals surface area contributed by atoms with E-state index in [1.807, 2.05) is 0 Å². The number of halogens is 2. The maximum atomic E-state index is 15.3. The van der Waals surface area contributed by atoms with E-state index < -0.39 is 25.7 Å². The molecule has 0 saturated heterocycles. The smallest absolute Gasteiger partial charge is 0.341 e. The van der Waals surface area contributed by atoms with Gasteiger partial charge < -0.3 is 10.1 Å². The highest BCUT2D eigenvalue weighted by atomic mass is 28.3. The summed E-state index contributed by atoms with van der Waals surface area (Å²) >= 11 is 0. The monoisotopic (exact) mass is 413 g/mol. The Kier molecular flexibility index (Phi) is 5.44. The summed E-state index contributed by atoms with van der Waals surface area (Å²) < 4.78 is 35.8. The molecule has 1 N–H and O–H groups in total. The number of aryl methyl sites for hydroxylation is 1. The van der Waals surface area contributed by atoms with Gasteiger partial charge in [-0.05, 0) is 24.6 Å². The fourth-order valence-corrected chi connectivity index (χ4v) is 3.17. The van der Waals surface area contributed by atoms with Crippen LogP contribution in [0.5, 0.6) is 0 Å². The first-order chi connectivity index (χ1) is 13.6. The zero-order valence-corrected chi connectivity index (χ0v) is 17.9. The lowest BCUT2D eigenvalue weighted by molar-refractivity contribution is 0.0601. The highest BCUT2D eigenvalue weighted by molar-refractivity contribution is 6.83. The van der Waals surface area contributed by atoms with Gasteiger partial charge in [0.05, 0.1) is 24.7 Å². The van der Waals surface area contributed by atoms with Gasteiger partial charge in [-0.2, -0.15) is 0 Å². The number of imidazole rings is 1. The molecule has 3 rings (SSSR count). The molecule has 8 heteroatoms. The molecule has 0 amide bonds. The summed E-state index contributed by atoms with van der Waals surface area (Å²) in [7, 11) is -0.476. The average Bonchev–Trinajstić information content (AvgIpc) is 3.06. The summed E-state index contributed by atoms with van der Waals surface area (Å²) in [6.45, 7) is 8.00. The number of fused-ring (bicyclic) bond motifs is 1. The van der Waals surface area contributed by atoms with Crippen molar-refractivity contribution in [3.63, 3.8) is 0 Å². The minimum Gasteiger partial charge on any atom is -0.465 e. The van der Waals surface area contributed by atoms with Crippen LogP contribution in [0.25, 0.3) is 5.65 Å². The maximum absolute atomic E-state index is 15.3. The molecular formula is C21H21F2N3O2Si. The summed E-state index contributed by atoms with van der Waals surface area (Å²) in [5.41, 5.74) is 4.08. The largest absolute Gasteiger partial charge is 0.465 e. The molecule has 0 aliphatic heterocycles. The Labute approximate surface area is 168 Å². The number of carbonyl (C=O) groups excluding carboxylic acids is 1. The summed E-state index contributed by atoms with van der Waals surface area (Å²) in [6.07, 6.45) is 2.85. The first-order valence-corrected chi connectivity index (χ1v) is 12.4. The number of nitrogens with zero attached hydrogens (tertiary/aromatic N) is 2. The van der Waals surface area contributed by atoms with Crippen molar-refractivity contribution >= 4 is 31.1 Å². The van der Waals surface area contributed by atoms with Gasteiger partial charge >= 0.3 is 5.97 Å². The third-order valence-corrected chi connectivity index (χ3v) is 4.97. The number of esters is 1. The third-order valence-electron chi connectivity index (χ3n) is 4.10. The van der Waals surface area contributed by atoms with E-state index in [0.29, 0.717) is 5.69 Å². The quantitative estimate of drug-likeness (QED) is 0.385. The number of anilines is 2. The number of aromatic nitrogens is 2. The van der Waals surface area contributed by atoms with Crippen LogP contribution in [0.2, 0.25) is 19.6 Å². The molecule has 0 spiro atoms. The van der Waals surface area contributed by atoms with E-state index in [2.05, 4.69) is 41.4 Å². The van der Waals surface area contributed by atoms with Gasteiger partial charge in [0.1, 0.15) is 25.1 Å². The second-order valence-corrected chi connectivity index (χ2v) is 12.4. The lowest BCUT2D eigenvalue weighted by Crippen LogP contribution is -2.16. The van der Waals surface area contributed by atoms with Gasteiger partial charge in [-0.15, -0.1) is 5.54 Å². The molecule has 0 aliphatic rings. The summed E-state index contributed by atoms with van der Waals surface area (Å²) in [5, 5.41) is 2.68. The van der Waals surface area contributed by atoms with Crippen LogP contribution >= 0.6 is 0 Å². The Morgan fingerprint density at radius 3 is 2.62 bits per heavy atom. The Hall–Kier alpha value is -3.18. The Morgan fingerprint density at radius 1 is 1.28 bits per heavy atom. The molecule has 5 nitrogen and oxygen atoms in total. The van der Waals surface area contributed by atoms with Crippen LogP contribution in [-0.2, 0) is 4.74 Å². The van der Waals surface area contributed by atoms with E-state index in [-0.39, 0.29) is 22.6 Å². The molecule has 0 atom stereocenters. The van der Waals surface area contributed by atoms with Crippen LogP contribution in [-0.4, -0.2) is 30.5 Å². The van der Waals surface area contributed by atoms with Crippen molar-refractivity contribution in [2.24, 2.45) is 0 Å². The number of methoxy groups -OCH3 is 1. The first-order valence-electron chi connectivity index (χ1n) is 8.95. The highest BCUT2D eigenvalue weighted by Crippen LogP contribution is 2.30. The minimum atomic E-state index is -1.67. The lowest BCUT2D eigenvalue weighted by atomic mass is 10.1. The van der Waals surface area contributed by atoms with Gasteiger partial charge in [0.15, 0.2) is 11.5 Å². The molecule has 3 aromatic rings. The SMILES string of the molecule is COC(=O)c1cn2c(C#C[Si](C)(C)C)cnc2c(F)c1Nc1ccc(C)cc1F. The molecule has 2 aromatic heterocycles. The third kappa shape index (κ3) is 4.30. The standard InChI is InChI=1S/C21H21F2N3O2Si/c1-13-6-7-17(16(22)10-13)25-19-15(21(27)28-2)12-26-14(8-9-29(3,4)5)11-24-20(26)18(19)23/h6-7,10-12,25H,1-5H3. The second-order valence-electron chi connectivity index (χ2n) is 7.67. The number of rotatable bonds is 3. The second kappa shape index (κ2) is 7.68. The highest BCUT2D eigenvalue weighted by Gasteiger charge is 2.23. The van der Waals surface area contributed by atoms with E-state index in [0.717, 1.165) is 5.56 Å². The van der Waals surface area contributed by atoms with Gasteiger partial charge in [-0.3, -0.25) is 4.40 Å². The van der Waals surface area contributed by atoms with Crippen LogP contribution in [0.15, 0.2) is 30.6 Å². The molecule has 0 saturated carbocycles. The number of hydrogen-bond donors (Lipinski definition) is 1. The van der Waals surface area contributed by atoms with Crippen LogP contribution in [0.3, 0.4) is 0 Å². The molecule has 0 unspecified atom stereocenters. The van der Waals surface area contributed by atoms with Crippen molar-refractivity contribution in [3.05, 3.63) is 59.0 Å². The molecule has 0 aliphatic carbocycles. The zero-order chi connectivity index (χ0) is 21.3. The van der Waals surface area contributed by atoms with Gasteiger partial charge in [0.25, 0.3) is 0 Å². The molecule has 29 heavy (non-hydrogen) atoms. The van der Waals surface area contributed by atoms with E-state index >= 15 is 4.39 Å². The Bertz CT molecular complexity index is 1170.